The molecule has 0 radical (unpaired) electrons. The zero-order valence-electron chi connectivity index (χ0n) is 15.1. The number of hydrogen-bond donors (Lipinski definition) is 2. The Kier molecular flexibility index (Phi) is 6.72. The molecular formula is C17H27N5O3. The standard InChI is InChI=1S/C17H27N5O3/c1-13(6-7-21-10-8-20(3)9-11-21)19-15-5-4-14(17(23)18-2)12-16(15)22(24)25/h4-5,12-13,19H,6-11H2,1-3H3,(H,18,23). The van der Waals surface area contributed by atoms with Gasteiger partial charge < -0.3 is 20.4 Å². The first-order chi connectivity index (χ1) is 11.9. The Morgan fingerprint density at radius 2 is 2.00 bits per heavy atom. The smallest absolute Gasteiger partial charge is 0.293 e. The Bertz CT molecular complexity index is 614. The van der Waals surface area contributed by atoms with Gasteiger partial charge in [-0.2, -0.15) is 0 Å². The van der Waals surface area contributed by atoms with Gasteiger partial charge in [0.1, 0.15) is 5.69 Å². The molecule has 8 heteroatoms. The summed E-state index contributed by atoms with van der Waals surface area (Å²) in [5.41, 5.74) is 0.654. The summed E-state index contributed by atoms with van der Waals surface area (Å²) >= 11 is 0. The quantitative estimate of drug-likeness (QED) is 0.571. The first-order valence-corrected chi connectivity index (χ1v) is 8.58. The molecule has 1 aromatic carbocycles. The number of amides is 1. The lowest BCUT2D eigenvalue weighted by molar-refractivity contribution is -0.384. The van der Waals surface area contributed by atoms with Crippen LogP contribution in [0.4, 0.5) is 11.4 Å². The number of hydrogen-bond acceptors (Lipinski definition) is 6. The fourth-order valence-electron chi connectivity index (χ4n) is 2.88. The van der Waals surface area contributed by atoms with Gasteiger partial charge in [0.25, 0.3) is 11.6 Å². The minimum absolute atomic E-state index is 0.0763. The van der Waals surface area contributed by atoms with Crippen molar-refractivity contribution < 1.29 is 9.72 Å². The van der Waals surface area contributed by atoms with Crippen LogP contribution < -0.4 is 10.6 Å². The maximum atomic E-state index is 11.7. The van der Waals surface area contributed by atoms with Gasteiger partial charge in [0.05, 0.1) is 4.92 Å². The van der Waals surface area contributed by atoms with E-state index in [2.05, 4.69) is 27.5 Å². The van der Waals surface area contributed by atoms with Crippen LogP contribution in [0.15, 0.2) is 18.2 Å². The molecule has 1 saturated heterocycles. The highest BCUT2D eigenvalue weighted by molar-refractivity contribution is 5.95. The van der Waals surface area contributed by atoms with Crippen molar-refractivity contribution in [2.24, 2.45) is 0 Å². The lowest BCUT2D eigenvalue weighted by Gasteiger charge is -2.33. The molecule has 1 atom stereocenters. The number of nitrogens with one attached hydrogen (secondary N) is 2. The summed E-state index contributed by atoms with van der Waals surface area (Å²) in [5, 5.41) is 17.0. The zero-order valence-corrected chi connectivity index (χ0v) is 15.1. The van der Waals surface area contributed by atoms with E-state index in [9.17, 15) is 14.9 Å². The molecule has 1 aliphatic heterocycles. The van der Waals surface area contributed by atoms with Crippen molar-refractivity contribution in [3.8, 4) is 0 Å². The molecule has 25 heavy (non-hydrogen) atoms. The number of rotatable bonds is 7. The molecule has 0 saturated carbocycles. The van der Waals surface area contributed by atoms with Crippen LogP contribution in [0.2, 0.25) is 0 Å². The van der Waals surface area contributed by atoms with Crippen molar-refractivity contribution in [1.82, 2.24) is 15.1 Å². The molecule has 0 aliphatic carbocycles. The molecule has 0 spiro atoms. The molecule has 1 heterocycles. The summed E-state index contributed by atoms with van der Waals surface area (Å²) in [4.78, 5) is 27.3. The van der Waals surface area contributed by atoms with Gasteiger partial charge in [-0.1, -0.05) is 0 Å². The first kappa shape index (κ1) is 19.1. The van der Waals surface area contributed by atoms with Gasteiger partial charge >= 0.3 is 0 Å². The Labute approximate surface area is 148 Å². The summed E-state index contributed by atoms with van der Waals surface area (Å²) < 4.78 is 0. The summed E-state index contributed by atoms with van der Waals surface area (Å²) in [6, 6.07) is 4.62. The molecule has 2 N–H and O–H groups in total. The first-order valence-electron chi connectivity index (χ1n) is 8.58. The Morgan fingerprint density at radius 1 is 1.32 bits per heavy atom. The van der Waals surface area contributed by atoms with E-state index in [4.69, 9.17) is 0 Å². The zero-order chi connectivity index (χ0) is 18.4. The fraction of sp³-hybridized carbons (Fsp3) is 0.588. The minimum Gasteiger partial charge on any atom is -0.377 e. The lowest BCUT2D eigenvalue weighted by atomic mass is 10.1. The predicted octanol–water partition coefficient (Wildman–Crippen LogP) is 1.39. The summed E-state index contributed by atoms with van der Waals surface area (Å²) in [6.07, 6.45) is 0.901. The van der Waals surface area contributed by atoms with Crippen molar-refractivity contribution in [3.63, 3.8) is 0 Å². The Balaban J connectivity index is 1.96. The van der Waals surface area contributed by atoms with E-state index < -0.39 is 4.92 Å². The minimum atomic E-state index is -0.456. The summed E-state index contributed by atoms with van der Waals surface area (Å²) in [5.74, 6) is -0.335. The van der Waals surface area contributed by atoms with Gasteiger partial charge in [-0.15, -0.1) is 0 Å². The maximum absolute atomic E-state index is 11.7. The topological polar surface area (TPSA) is 90.8 Å². The molecule has 0 aromatic heterocycles. The second-order valence-corrected chi connectivity index (χ2v) is 6.55. The van der Waals surface area contributed by atoms with Gasteiger partial charge in [0.15, 0.2) is 0 Å². The highest BCUT2D eigenvalue weighted by atomic mass is 16.6. The molecule has 1 unspecified atom stereocenters. The molecule has 138 valence electrons. The monoisotopic (exact) mass is 349 g/mol. The third kappa shape index (κ3) is 5.40. The second-order valence-electron chi connectivity index (χ2n) is 6.55. The van der Waals surface area contributed by atoms with Crippen LogP contribution >= 0.6 is 0 Å². The normalized spacial score (nSPS) is 17.1. The summed E-state index contributed by atoms with van der Waals surface area (Å²) in [6.45, 7) is 7.26. The maximum Gasteiger partial charge on any atom is 0.293 e. The number of nitro benzene ring substituents is 1. The second kappa shape index (κ2) is 8.77. The molecule has 2 rings (SSSR count). The van der Waals surface area contributed by atoms with E-state index in [1.807, 2.05) is 6.92 Å². The third-order valence-corrected chi connectivity index (χ3v) is 4.56. The van der Waals surface area contributed by atoms with Crippen molar-refractivity contribution in [2.75, 3.05) is 52.1 Å². The van der Waals surface area contributed by atoms with Gasteiger partial charge in [-0.3, -0.25) is 14.9 Å². The number of likely N-dealkylation sites (N-methyl/N-ethyl adjacent to an activating group) is 1. The number of carbonyl (C=O) groups excluding carboxylic acids is 1. The van der Waals surface area contributed by atoms with E-state index in [-0.39, 0.29) is 23.2 Å². The SMILES string of the molecule is CNC(=O)c1ccc(NC(C)CCN2CCN(C)CC2)c([N+](=O)[O-])c1. The number of anilines is 1. The van der Waals surface area contributed by atoms with E-state index >= 15 is 0 Å². The van der Waals surface area contributed by atoms with Crippen LogP contribution in [0.1, 0.15) is 23.7 Å². The number of nitrogens with zero attached hydrogens (tertiary/aromatic N) is 3. The van der Waals surface area contributed by atoms with Crippen molar-refractivity contribution in [1.29, 1.82) is 0 Å². The molecule has 1 amide bonds. The van der Waals surface area contributed by atoms with Crippen LogP contribution in [0.3, 0.4) is 0 Å². The van der Waals surface area contributed by atoms with Crippen LogP contribution in [-0.4, -0.2) is 73.5 Å². The molecular weight excluding hydrogens is 322 g/mol. The number of piperazine rings is 1. The van der Waals surface area contributed by atoms with Crippen LogP contribution in [0.25, 0.3) is 0 Å². The third-order valence-electron chi connectivity index (χ3n) is 4.56. The molecule has 8 nitrogen and oxygen atoms in total. The van der Waals surface area contributed by atoms with Gasteiger partial charge in [-0.25, -0.2) is 0 Å². The van der Waals surface area contributed by atoms with Crippen molar-refractivity contribution in [2.45, 2.75) is 19.4 Å². The Hall–Kier alpha value is -2.19. The molecule has 1 aliphatic rings. The van der Waals surface area contributed by atoms with E-state index in [1.165, 1.54) is 13.1 Å². The van der Waals surface area contributed by atoms with Crippen LogP contribution in [-0.2, 0) is 0 Å². The predicted molar refractivity (Wildman–Crippen MR) is 98.1 cm³/mol. The average Bonchev–Trinajstić information content (AvgIpc) is 2.60. The van der Waals surface area contributed by atoms with E-state index in [0.29, 0.717) is 5.69 Å². The molecule has 0 bridgehead atoms. The van der Waals surface area contributed by atoms with Gasteiger partial charge in [0, 0.05) is 57.4 Å². The van der Waals surface area contributed by atoms with Crippen molar-refractivity contribution >= 4 is 17.3 Å². The fourth-order valence-corrected chi connectivity index (χ4v) is 2.88. The largest absolute Gasteiger partial charge is 0.377 e. The molecule has 1 aromatic rings. The highest BCUT2D eigenvalue weighted by Gasteiger charge is 2.19. The van der Waals surface area contributed by atoms with Crippen LogP contribution in [0.5, 0.6) is 0 Å². The Morgan fingerprint density at radius 3 is 2.60 bits per heavy atom. The summed E-state index contributed by atoms with van der Waals surface area (Å²) in [7, 11) is 3.63. The van der Waals surface area contributed by atoms with E-state index in [1.54, 1.807) is 12.1 Å². The highest BCUT2D eigenvalue weighted by Crippen LogP contribution is 2.26. The average molecular weight is 349 g/mol. The van der Waals surface area contributed by atoms with Gasteiger partial charge in [-0.05, 0) is 32.5 Å². The van der Waals surface area contributed by atoms with Crippen molar-refractivity contribution in [3.05, 3.63) is 33.9 Å². The number of nitro groups is 1. The van der Waals surface area contributed by atoms with Crippen LogP contribution in [0, 0.1) is 10.1 Å². The van der Waals surface area contributed by atoms with E-state index in [0.717, 1.165) is 39.1 Å². The number of benzene rings is 1. The lowest BCUT2D eigenvalue weighted by Crippen LogP contribution is -2.45. The molecule has 1 fully saturated rings. The van der Waals surface area contributed by atoms with Gasteiger partial charge in [0.2, 0.25) is 0 Å². The number of carbonyl (C=O) groups is 1.